The molecule has 0 aliphatic rings. The highest BCUT2D eigenvalue weighted by atomic mass is 16.5. The van der Waals surface area contributed by atoms with E-state index >= 15 is 0 Å². The first-order valence-electron chi connectivity index (χ1n) is 8.17. The van der Waals surface area contributed by atoms with E-state index in [0.717, 1.165) is 11.1 Å². The first-order valence-corrected chi connectivity index (χ1v) is 8.17. The van der Waals surface area contributed by atoms with Crippen molar-refractivity contribution < 1.29 is 23.8 Å². The van der Waals surface area contributed by atoms with Gasteiger partial charge in [0.2, 0.25) is 0 Å². The summed E-state index contributed by atoms with van der Waals surface area (Å²) in [6, 6.07) is 10.9. The fourth-order valence-corrected chi connectivity index (χ4v) is 2.42. The summed E-state index contributed by atoms with van der Waals surface area (Å²) < 4.78 is 15.4. The van der Waals surface area contributed by atoms with Gasteiger partial charge in [0.25, 0.3) is 5.91 Å². The summed E-state index contributed by atoms with van der Waals surface area (Å²) in [5, 5.41) is 2.73. The van der Waals surface area contributed by atoms with E-state index in [0.29, 0.717) is 12.3 Å². The van der Waals surface area contributed by atoms with E-state index in [1.807, 2.05) is 32.0 Å². The fourth-order valence-electron chi connectivity index (χ4n) is 2.42. The van der Waals surface area contributed by atoms with Crippen molar-refractivity contribution in [3.05, 3.63) is 58.7 Å². The zero-order valence-corrected chi connectivity index (χ0v) is 15.4. The highest BCUT2D eigenvalue weighted by Gasteiger charge is 2.18. The van der Waals surface area contributed by atoms with Crippen LogP contribution in [0.4, 0.5) is 0 Å². The third-order valence-electron chi connectivity index (χ3n) is 4.02. The highest BCUT2D eigenvalue weighted by Crippen LogP contribution is 2.31. The first kappa shape index (κ1) is 19.3. The lowest BCUT2D eigenvalue weighted by molar-refractivity contribution is -0.124. The monoisotopic (exact) mass is 357 g/mol. The van der Waals surface area contributed by atoms with E-state index in [-0.39, 0.29) is 23.8 Å². The summed E-state index contributed by atoms with van der Waals surface area (Å²) in [5.41, 5.74) is 3.55. The van der Waals surface area contributed by atoms with Crippen LogP contribution in [0.5, 0.6) is 11.5 Å². The van der Waals surface area contributed by atoms with Gasteiger partial charge in [-0.15, -0.1) is 0 Å². The summed E-state index contributed by atoms with van der Waals surface area (Å²) in [6.07, 6.45) is 0. The van der Waals surface area contributed by atoms with Crippen molar-refractivity contribution >= 4 is 11.9 Å². The third-order valence-corrected chi connectivity index (χ3v) is 4.02. The Morgan fingerprint density at radius 1 is 1.00 bits per heavy atom. The summed E-state index contributed by atoms with van der Waals surface area (Å²) in [5.74, 6) is -0.336. The van der Waals surface area contributed by atoms with Gasteiger partial charge in [0.05, 0.1) is 14.2 Å². The van der Waals surface area contributed by atoms with Gasteiger partial charge in [-0.2, -0.15) is 0 Å². The number of para-hydroxylation sites is 1. The predicted octanol–water partition coefficient (Wildman–Crippen LogP) is 2.79. The molecule has 0 atom stereocenters. The molecule has 0 aliphatic carbocycles. The SMILES string of the molecule is COc1cccc(C(=O)OCC(=O)NCc2ccc(C)c(C)c2)c1OC. The number of aryl methyl sites for hydroxylation is 2. The van der Waals surface area contributed by atoms with Crippen LogP contribution in [0.2, 0.25) is 0 Å². The van der Waals surface area contributed by atoms with Crippen molar-refractivity contribution in [2.45, 2.75) is 20.4 Å². The van der Waals surface area contributed by atoms with Crippen molar-refractivity contribution in [1.29, 1.82) is 0 Å². The van der Waals surface area contributed by atoms with Gasteiger partial charge < -0.3 is 19.5 Å². The molecule has 0 heterocycles. The van der Waals surface area contributed by atoms with Crippen LogP contribution in [0.25, 0.3) is 0 Å². The van der Waals surface area contributed by atoms with E-state index < -0.39 is 5.97 Å². The number of nitrogens with one attached hydrogen (secondary N) is 1. The van der Waals surface area contributed by atoms with Crippen molar-refractivity contribution in [3.8, 4) is 11.5 Å². The third kappa shape index (κ3) is 4.75. The van der Waals surface area contributed by atoms with Crippen molar-refractivity contribution in [3.63, 3.8) is 0 Å². The van der Waals surface area contributed by atoms with Crippen molar-refractivity contribution in [1.82, 2.24) is 5.32 Å². The van der Waals surface area contributed by atoms with Crippen LogP contribution < -0.4 is 14.8 Å². The van der Waals surface area contributed by atoms with Gasteiger partial charge in [0.1, 0.15) is 5.56 Å². The molecule has 2 rings (SSSR count). The molecule has 0 aromatic heterocycles. The second-order valence-corrected chi connectivity index (χ2v) is 5.81. The van der Waals surface area contributed by atoms with E-state index in [2.05, 4.69) is 5.32 Å². The first-order chi connectivity index (χ1) is 12.5. The maximum absolute atomic E-state index is 12.2. The molecular weight excluding hydrogens is 334 g/mol. The Kier molecular flexibility index (Phi) is 6.60. The molecule has 0 spiro atoms. The average molecular weight is 357 g/mol. The number of methoxy groups -OCH3 is 2. The Balaban J connectivity index is 1.91. The van der Waals surface area contributed by atoms with Crippen LogP contribution in [-0.4, -0.2) is 32.7 Å². The van der Waals surface area contributed by atoms with Gasteiger partial charge in [-0.25, -0.2) is 4.79 Å². The second kappa shape index (κ2) is 8.89. The number of hydrogen-bond donors (Lipinski definition) is 1. The van der Waals surface area contributed by atoms with Gasteiger partial charge in [0, 0.05) is 6.54 Å². The van der Waals surface area contributed by atoms with E-state index in [1.54, 1.807) is 18.2 Å². The Labute approximate surface area is 153 Å². The normalized spacial score (nSPS) is 10.2. The summed E-state index contributed by atoms with van der Waals surface area (Å²) in [6.45, 7) is 4.05. The van der Waals surface area contributed by atoms with Crippen LogP contribution >= 0.6 is 0 Å². The average Bonchev–Trinajstić information content (AvgIpc) is 2.66. The molecular formula is C20H23NO5. The topological polar surface area (TPSA) is 73.9 Å². The summed E-state index contributed by atoms with van der Waals surface area (Å²) >= 11 is 0. The number of amides is 1. The minimum atomic E-state index is -0.651. The van der Waals surface area contributed by atoms with Crippen LogP contribution in [0.1, 0.15) is 27.0 Å². The molecule has 1 amide bonds. The molecule has 0 bridgehead atoms. The van der Waals surface area contributed by atoms with Crippen LogP contribution in [-0.2, 0) is 16.1 Å². The minimum absolute atomic E-state index is 0.203. The molecule has 2 aromatic carbocycles. The van der Waals surface area contributed by atoms with Gasteiger partial charge in [0.15, 0.2) is 18.1 Å². The molecule has 138 valence electrons. The van der Waals surface area contributed by atoms with Gasteiger partial charge in [-0.05, 0) is 42.7 Å². The Hall–Kier alpha value is -3.02. The Bertz CT molecular complexity index is 801. The Morgan fingerprint density at radius 3 is 2.42 bits per heavy atom. The fraction of sp³-hybridized carbons (Fsp3) is 0.300. The molecule has 0 saturated carbocycles. The van der Waals surface area contributed by atoms with Gasteiger partial charge in [-0.3, -0.25) is 4.79 Å². The second-order valence-electron chi connectivity index (χ2n) is 5.81. The quantitative estimate of drug-likeness (QED) is 0.772. The van der Waals surface area contributed by atoms with E-state index in [9.17, 15) is 9.59 Å². The maximum Gasteiger partial charge on any atom is 0.342 e. The number of carbonyl (C=O) groups is 2. The van der Waals surface area contributed by atoms with Crippen LogP contribution in [0.3, 0.4) is 0 Å². The molecule has 0 radical (unpaired) electrons. The molecule has 0 aliphatic heterocycles. The number of hydrogen-bond acceptors (Lipinski definition) is 5. The van der Waals surface area contributed by atoms with Crippen LogP contribution in [0.15, 0.2) is 36.4 Å². The van der Waals surface area contributed by atoms with Gasteiger partial charge >= 0.3 is 5.97 Å². The zero-order chi connectivity index (χ0) is 19.1. The summed E-state index contributed by atoms with van der Waals surface area (Å²) in [7, 11) is 2.91. The van der Waals surface area contributed by atoms with Crippen molar-refractivity contribution in [2.24, 2.45) is 0 Å². The van der Waals surface area contributed by atoms with Crippen LogP contribution in [0, 0.1) is 13.8 Å². The molecule has 2 aromatic rings. The largest absolute Gasteiger partial charge is 0.493 e. The lowest BCUT2D eigenvalue weighted by Gasteiger charge is -2.12. The van der Waals surface area contributed by atoms with Crippen molar-refractivity contribution in [2.75, 3.05) is 20.8 Å². The molecule has 26 heavy (non-hydrogen) atoms. The number of esters is 1. The van der Waals surface area contributed by atoms with Gasteiger partial charge in [-0.1, -0.05) is 24.3 Å². The highest BCUT2D eigenvalue weighted by molar-refractivity contribution is 5.94. The number of rotatable bonds is 7. The Morgan fingerprint density at radius 2 is 1.77 bits per heavy atom. The van der Waals surface area contributed by atoms with E-state index in [1.165, 1.54) is 19.8 Å². The predicted molar refractivity (Wildman–Crippen MR) is 97.6 cm³/mol. The molecule has 0 fully saturated rings. The molecule has 0 saturated heterocycles. The standard InChI is InChI=1S/C20H23NO5/c1-13-8-9-15(10-14(13)2)11-21-18(22)12-26-20(23)16-6-5-7-17(24-3)19(16)25-4/h5-10H,11-12H2,1-4H3,(H,21,22). The smallest absolute Gasteiger partial charge is 0.342 e. The maximum atomic E-state index is 12.2. The number of ether oxygens (including phenoxy) is 3. The molecule has 6 nitrogen and oxygen atoms in total. The number of benzene rings is 2. The van der Waals surface area contributed by atoms with E-state index in [4.69, 9.17) is 14.2 Å². The lowest BCUT2D eigenvalue weighted by atomic mass is 10.1. The molecule has 1 N–H and O–H groups in total. The molecule has 6 heteroatoms. The minimum Gasteiger partial charge on any atom is -0.493 e. The molecule has 0 unspecified atom stereocenters. The zero-order valence-electron chi connectivity index (χ0n) is 15.4. The number of carbonyl (C=O) groups excluding carboxylic acids is 2. The summed E-state index contributed by atoms with van der Waals surface area (Å²) in [4.78, 5) is 24.2. The lowest BCUT2D eigenvalue weighted by Crippen LogP contribution is -2.28.